The van der Waals surface area contributed by atoms with Crippen molar-refractivity contribution in [2.75, 3.05) is 13.2 Å². The van der Waals surface area contributed by atoms with E-state index in [1.165, 1.54) is 0 Å². The van der Waals surface area contributed by atoms with E-state index in [4.69, 9.17) is 14.2 Å². The summed E-state index contributed by atoms with van der Waals surface area (Å²) in [5.74, 6) is -1.80. The molecule has 0 bridgehead atoms. The first-order valence-corrected chi connectivity index (χ1v) is 12.7. The predicted octanol–water partition coefficient (Wildman–Crippen LogP) is 2.37. The number of esters is 2. The molecule has 0 aromatic heterocycles. The van der Waals surface area contributed by atoms with Crippen LogP contribution in [0.15, 0.2) is 30.3 Å². The number of nitrogens with one attached hydrogen (secondary N) is 2. The summed E-state index contributed by atoms with van der Waals surface area (Å²) in [7, 11) is 0. The Morgan fingerprint density at radius 3 is 2.53 bits per heavy atom. The Morgan fingerprint density at radius 2 is 1.78 bits per heavy atom. The zero-order valence-electron chi connectivity index (χ0n) is 20.5. The molecule has 2 amide bonds. The lowest BCUT2D eigenvalue weighted by Crippen LogP contribution is -2.56. The quantitative estimate of drug-likeness (QED) is 0.410. The van der Waals surface area contributed by atoms with Crippen molar-refractivity contribution in [3.63, 3.8) is 0 Å². The van der Waals surface area contributed by atoms with Crippen molar-refractivity contribution in [2.45, 2.75) is 82.6 Å². The number of carbonyl (C=O) groups is 4. The van der Waals surface area contributed by atoms with Crippen molar-refractivity contribution in [1.82, 2.24) is 10.6 Å². The molecule has 1 aromatic carbocycles. The molecule has 1 aromatic rings. The van der Waals surface area contributed by atoms with Crippen LogP contribution in [0.2, 0.25) is 0 Å². The Labute approximate surface area is 211 Å². The van der Waals surface area contributed by atoms with E-state index in [2.05, 4.69) is 10.6 Å². The van der Waals surface area contributed by atoms with Crippen LogP contribution in [-0.2, 0) is 35.2 Å². The van der Waals surface area contributed by atoms with Crippen LogP contribution in [0.1, 0.15) is 63.4 Å². The number of aliphatic hydroxyl groups excluding tert-OH is 1. The number of hydrogen-bond acceptors (Lipinski definition) is 8. The highest BCUT2D eigenvalue weighted by Crippen LogP contribution is 2.28. The number of carbonyl (C=O) groups excluding carboxylic acids is 4. The van der Waals surface area contributed by atoms with Gasteiger partial charge in [0.1, 0.15) is 19.3 Å². The molecule has 0 radical (unpaired) electrons. The average molecular weight is 505 g/mol. The third-order valence-corrected chi connectivity index (χ3v) is 6.51. The number of hydrogen-bond donors (Lipinski definition) is 3. The summed E-state index contributed by atoms with van der Waals surface area (Å²) in [6.07, 6.45) is 4.03. The van der Waals surface area contributed by atoms with Crippen molar-refractivity contribution in [2.24, 2.45) is 5.92 Å². The number of alkyl carbamates (subject to hydrolysis) is 1. The summed E-state index contributed by atoms with van der Waals surface area (Å²) < 4.78 is 15.6. The molecule has 0 unspecified atom stereocenters. The standard InChI is InChI=1S/C26H36N2O8/c29-22-13-7-8-14-34-25(32)23(30)20(15-18-9-3-1-4-10-18)27-24(31)21(17-35-22)28-26(33)36-16-19-11-5-2-6-12-19/h2,5-6,11-12,18,20-21,23,30H,1,3-4,7-10,13-17H2,(H,27,31)(H,28,33)/t20-,21-,23+/m0/s1. The van der Waals surface area contributed by atoms with Gasteiger partial charge in [0, 0.05) is 6.42 Å². The van der Waals surface area contributed by atoms with Gasteiger partial charge in [-0.1, -0.05) is 62.4 Å². The number of amides is 2. The van der Waals surface area contributed by atoms with Gasteiger partial charge in [-0.25, -0.2) is 9.59 Å². The summed E-state index contributed by atoms with van der Waals surface area (Å²) in [6, 6.07) is 6.87. The van der Waals surface area contributed by atoms with Gasteiger partial charge in [-0.05, 0) is 30.7 Å². The normalized spacial score (nSPS) is 25.0. The van der Waals surface area contributed by atoms with Crippen LogP contribution in [0, 0.1) is 5.92 Å². The fraction of sp³-hybridized carbons (Fsp3) is 0.615. The van der Waals surface area contributed by atoms with E-state index in [1.54, 1.807) is 12.1 Å². The molecule has 3 rings (SSSR count). The van der Waals surface area contributed by atoms with Crippen LogP contribution in [0.4, 0.5) is 4.79 Å². The molecule has 3 N–H and O–H groups in total. The van der Waals surface area contributed by atoms with Gasteiger partial charge >= 0.3 is 18.0 Å². The van der Waals surface area contributed by atoms with E-state index < -0.39 is 48.7 Å². The molecular weight excluding hydrogens is 468 g/mol. The second-order valence-corrected chi connectivity index (χ2v) is 9.37. The molecule has 0 spiro atoms. The molecule has 1 heterocycles. The Balaban J connectivity index is 1.70. The summed E-state index contributed by atoms with van der Waals surface area (Å²) in [4.78, 5) is 50.2. The van der Waals surface area contributed by atoms with Gasteiger partial charge in [0.15, 0.2) is 6.10 Å². The maximum atomic E-state index is 13.2. The van der Waals surface area contributed by atoms with Gasteiger partial charge in [0.05, 0.1) is 12.6 Å². The maximum absolute atomic E-state index is 13.2. The minimum atomic E-state index is -1.55. The van der Waals surface area contributed by atoms with Crippen LogP contribution < -0.4 is 10.6 Å². The molecule has 1 aliphatic carbocycles. The van der Waals surface area contributed by atoms with Crippen LogP contribution in [-0.4, -0.2) is 60.4 Å². The summed E-state index contributed by atoms with van der Waals surface area (Å²) in [5, 5.41) is 15.9. The van der Waals surface area contributed by atoms with Crippen molar-refractivity contribution in [3.8, 4) is 0 Å². The summed E-state index contributed by atoms with van der Waals surface area (Å²) in [5.41, 5.74) is 0.767. The lowest BCUT2D eigenvalue weighted by Gasteiger charge is -2.30. The Hall–Kier alpha value is -3.14. The van der Waals surface area contributed by atoms with Gasteiger partial charge in [0.2, 0.25) is 5.91 Å². The van der Waals surface area contributed by atoms with Crippen LogP contribution >= 0.6 is 0 Å². The van der Waals surface area contributed by atoms with Crippen molar-refractivity contribution in [1.29, 1.82) is 0 Å². The highest BCUT2D eigenvalue weighted by molar-refractivity contribution is 5.87. The fourth-order valence-corrected chi connectivity index (χ4v) is 4.46. The first kappa shape index (κ1) is 27.4. The number of cyclic esters (lactones) is 2. The van der Waals surface area contributed by atoms with Gasteiger partial charge < -0.3 is 30.0 Å². The number of benzene rings is 1. The Kier molecular flexibility index (Phi) is 11.0. The van der Waals surface area contributed by atoms with E-state index >= 15 is 0 Å². The van der Waals surface area contributed by atoms with Gasteiger partial charge in [-0.15, -0.1) is 0 Å². The molecule has 10 nitrogen and oxygen atoms in total. The third-order valence-electron chi connectivity index (χ3n) is 6.51. The monoisotopic (exact) mass is 504 g/mol. The zero-order valence-corrected chi connectivity index (χ0v) is 20.5. The highest BCUT2D eigenvalue weighted by Gasteiger charge is 2.34. The van der Waals surface area contributed by atoms with Crippen molar-refractivity contribution in [3.05, 3.63) is 35.9 Å². The van der Waals surface area contributed by atoms with Gasteiger partial charge in [0.25, 0.3) is 0 Å². The van der Waals surface area contributed by atoms with E-state index in [0.717, 1.165) is 37.7 Å². The van der Waals surface area contributed by atoms with E-state index in [-0.39, 0.29) is 25.6 Å². The van der Waals surface area contributed by atoms with Gasteiger partial charge in [-0.2, -0.15) is 0 Å². The molecular formula is C26H36N2O8. The lowest BCUT2D eigenvalue weighted by atomic mass is 9.83. The molecule has 2 aliphatic rings. The molecule has 36 heavy (non-hydrogen) atoms. The number of rotatable bonds is 5. The lowest BCUT2D eigenvalue weighted by molar-refractivity contribution is -0.156. The Morgan fingerprint density at radius 1 is 1.03 bits per heavy atom. The Bertz CT molecular complexity index is 872. The van der Waals surface area contributed by atoms with Gasteiger partial charge in [-0.3, -0.25) is 9.59 Å². The minimum absolute atomic E-state index is 0.00431. The fourth-order valence-electron chi connectivity index (χ4n) is 4.46. The highest BCUT2D eigenvalue weighted by atomic mass is 16.6. The minimum Gasteiger partial charge on any atom is -0.464 e. The van der Waals surface area contributed by atoms with E-state index in [1.807, 2.05) is 18.2 Å². The third kappa shape index (κ3) is 9.14. The molecule has 1 aliphatic heterocycles. The topological polar surface area (TPSA) is 140 Å². The SMILES string of the molecule is O=C1CCCCOC(=O)[C@H](O)[C@H](CC2CCCCC2)NC(=O)[C@@H](NC(=O)OCc2ccccc2)CO1. The van der Waals surface area contributed by atoms with E-state index in [0.29, 0.717) is 19.3 Å². The second-order valence-electron chi connectivity index (χ2n) is 9.37. The average Bonchev–Trinajstić information content (AvgIpc) is 2.89. The maximum Gasteiger partial charge on any atom is 0.408 e. The van der Waals surface area contributed by atoms with Crippen LogP contribution in [0.25, 0.3) is 0 Å². The second kappa shape index (κ2) is 14.4. The first-order chi connectivity index (χ1) is 17.4. The molecule has 2 fully saturated rings. The number of ether oxygens (including phenoxy) is 3. The smallest absolute Gasteiger partial charge is 0.408 e. The summed E-state index contributed by atoms with van der Waals surface area (Å²) >= 11 is 0. The van der Waals surface area contributed by atoms with Crippen molar-refractivity contribution >= 4 is 23.9 Å². The largest absolute Gasteiger partial charge is 0.464 e. The zero-order chi connectivity index (χ0) is 25.8. The molecule has 1 saturated carbocycles. The predicted molar refractivity (Wildman–Crippen MR) is 128 cm³/mol. The first-order valence-electron chi connectivity index (χ1n) is 12.7. The van der Waals surface area contributed by atoms with Crippen molar-refractivity contribution < 1.29 is 38.5 Å². The molecule has 1 saturated heterocycles. The van der Waals surface area contributed by atoms with Crippen LogP contribution in [0.3, 0.4) is 0 Å². The molecule has 3 atom stereocenters. The van der Waals surface area contributed by atoms with E-state index in [9.17, 15) is 24.3 Å². The number of aliphatic hydroxyl groups is 1. The molecule has 10 heteroatoms. The molecule has 198 valence electrons. The summed E-state index contributed by atoms with van der Waals surface area (Å²) in [6.45, 7) is -0.345. The van der Waals surface area contributed by atoms with Crippen LogP contribution in [0.5, 0.6) is 0 Å².